The first kappa shape index (κ1) is 18.2. The Morgan fingerprint density at radius 1 is 1.20 bits per heavy atom. The first-order valence-corrected chi connectivity index (χ1v) is 8.05. The minimum absolute atomic E-state index is 0.308. The number of Topliss-reactive ketones (excluding diaryl/α,β-unsaturated/α-hetero) is 1. The zero-order valence-electron chi connectivity index (χ0n) is 13.9. The molecule has 1 aromatic carbocycles. The number of rotatable bonds is 4. The lowest BCUT2D eigenvalue weighted by atomic mass is 9.48. The molecule has 1 aromatic rings. The van der Waals surface area contributed by atoms with Crippen molar-refractivity contribution in [1.29, 1.82) is 15.8 Å². The van der Waals surface area contributed by atoms with Gasteiger partial charge in [0, 0.05) is 18.3 Å². The van der Waals surface area contributed by atoms with Crippen molar-refractivity contribution >= 4 is 11.7 Å². The average molecular weight is 334 g/mol. The van der Waals surface area contributed by atoms with Crippen LogP contribution in [0.4, 0.5) is 0 Å². The number of amides is 1. The Balaban J connectivity index is 2.85. The number of carbonyl (C=O) groups excluding carboxylic acids is 2. The number of nitrogens with zero attached hydrogens (tertiary/aromatic N) is 3. The minimum Gasteiger partial charge on any atom is -0.368 e. The van der Waals surface area contributed by atoms with Crippen molar-refractivity contribution < 1.29 is 9.59 Å². The maximum absolute atomic E-state index is 12.8. The molecule has 6 heteroatoms. The first-order chi connectivity index (χ1) is 11.9. The van der Waals surface area contributed by atoms with E-state index < -0.39 is 35.0 Å². The van der Waals surface area contributed by atoms with Crippen LogP contribution < -0.4 is 5.73 Å². The summed E-state index contributed by atoms with van der Waals surface area (Å²) in [5.41, 5.74) is 1.83. The molecule has 0 spiro atoms. The maximum atomic E-state index is 12.8. The monoisotopic (exact) mass is 334 g/mol. The molecule has 0 bridgehead atoms. The fourth-order valence-corrected chi connectivity index (χ4v) is 3.89. The third-order valence-corrected chi connectivity index (χ3v) is 5.12. The summed E-state index contributed by atoms with van der Waals surface area (Å²) in [6, 6.07) is 14.2. The highest BCUT2D eigenvalue weighted by molar-refractivity contribution is 5.96. The van der Waals surface area contributed by atoms with E-state index in [-0.39, 0.29) is 5.78 Å². The van der Waals surface area contributed by atoms with Crippen LogP contribution in [0.25, 0.3) is 0 Å². The normalized spacial score (nSPS) is 27.5. The fourth-order valence-electron chi connectivity index (χ4n) is 3.89. The van der Waals surface area contributed by atoms with E-state index in [2.05, 4.69) is 0 Å². The average Bonchev–Trinajstić information content (AvgIpc) is 2.63. The highest BCUT2D eigenvalue weighted by Crippen LogP contribution is 2.58. The number of nitrogens with two attached hydrogens (primary N) is 1. The molecule has 0 radical (unpaired) electrons. The first-order valence-electron chi connectivity index (χ1n) is 8.05. The van der Waals surface area contributed by atoms with Crippen LogP contribution in [-0.2, 0) is 9.59 Å². The van der Waals surface area contributed by atoms with E-state index >= 15 is 0 Å². The van der Waals surface area contributed by atoms with Crippen molar-refractivity contribution in [2.75, 3.05) is 0 Å². The molecule has 0 heterocycles. The largest absolute Gasteiger partial charge is 0.368 e. The van der Waals surface area contributed by atoms with Gasteiger partial charge in [-0.2, -0.15) is 15.8 Å². The number of hydrogen-bond donors (Lipinski definition) is 1. The topological polar surface area (TPSA) is 132 Å². The van der Waals surface area contributed by atoms with Crippen molar-refractivity contribution in [3.8, 4) is 18.2 Å². The van der Waals surface area contributed by atoms with Crippen molar-refractivity contribution in [3.63, 3.8) is 0 Å². The highest BCUT2D eigenvalue weighted by atomic mass is 16.2. The van der Waals surface area contributed by atoms with Crippen LogP contribution in [0, 0.1) is 50.7 Å². The quantitative estimate of drug-likeness (QED) is 0.901. The van der Waals surface area contributed by atoms with E-state index in [1.165, 1.54) is 0 Å². The van der Waals surface area contributed by atoms with Crippen LogP contribution in [0.3, 0.4) is 0 Å². The van der Waals surface area contributed by atoms with E-state index in [1.54, 1.807) is 36.4 Å². The van der Waals surface area contributed by atoms with Gasteiger partial charge in [-0.05, 0) is 12.0 Å². The Bertz CT molecular complexity index is 799. The van der Waals surface area contributed by atoms with E-state index in [0.717, 1.165) is 0 Å². The summed E-state index contributed by atoms with van der Waals surface area (Å²) >= 11 is 0. The predicted molar refractivity (Wildman–Crippen MR) is 88.1 cm³/mol. The molecule has 1 aliphatic rings. The Kier molecular flexibility index (Phi) is 4.91. The van der Waals surface area contributed by atoms with Crippen LogP contribution in [0.15, 0.2) is 30.3 Å². The van der Waals surface area contributed by atoms with E-state index in [9.17, 15) is 25.4 Å². The van der Waals surface area contributed by atoms with Gasteiger partial charge in [-0.15, -0.1) is 0 Å². The summed E-state index contributed by atoms with van der Waals surface area (Å²) < 4.78 is 0. The Morgan fingerprint density at radius 3 is 2.24 bits per heavy atom. The third kappa shape index (κ3) is 2.46. The van der Waals surface area contributed by atoms with Gasteiger partial charge < -0.3 is 5.73 Å². The second-order valence-electron chi connectivity index (χ2n) is 6.34. The Hall–Kier alpha value is -3.17. The van der Waals surface area contributed by atoms with Crippen LogP contribution in [0.1, 0.15) is 37.7 Å². The number of ketones is 1. The second kappa shape index (κ2) is 6.75. The summed E-state index contributed by atoms with van der Waals surface area (Å²) in [4.78, 5) is 25.0. The maximum Gasteiger partial charge on any atom is 0.241 e. The smallest absolute Gasteiger partial charge is 0.241 e. The number of primary amides is 1. The van der Waals surface area contributed by atoms with Gasteiger partial charge in [-0.1, -0.05) is 43.7 Å². The summed E-state index contributed by atoms with van der Waals surface area (Å²) in [5.74, 6) is -2.93. The van der Waals surface area contributed by atoms with Gasteiger partial charge in [-0.3, -0.25) is 9.59 Å². The summed E-state index contributed by atoms with van der Waals surface area (Å²) in [5, 5.41) is 29.5. The predicted octanol–water partition coefficient (Wildman–Crippen LogP) is 2.19. The van der Waals surface area contributed by atoms with E-state index in [4.69, 9.17) is 5.73 Å². The van der Waals surface area contributed by atoms with Gasteiger partial charge >= 0.3 is 0 Å². The summed E-state index contributed by atoms with van der Waals surface area (Å²) in [6.07, 6.45) is 0.626. The molecule has 6 nitrogen and oxygen atoms in total. The molecule has 0 aliphatic heterocycles. The molecule has 1 amide bonds. The molecule has 3 unspecified atom stereocenters. The van der Waals surface area contributed by atoms with Crippen molar-refractivity contribution in [1.82, 2.24) is 0 Å². The van der Waals surface area contributed by atoms with Gasteiger partial charge in [0.05, 0.1) is 18.2 Å². The molecular weight excluding hydrogens is 316 g/mol. The van der Waals surface area contributed by atoms with Crippen molar-refractivity contribution in [2.45, 2.75) is 32.1 Å². The summed E-state index contributed by atoms with van der Waals surface area (Å²) in [7, 11) is 0. The summed E-state index contributed by atoms with van der Waals surface area (Å²) in [6.45, 7) is 1.90. The lowest BCUT2D eigenvalue weighted by Crippen LogP contribution is -2.59. The second-order valence-corrected chi connectivity index (χ2v) is 6.34. The van der Waals surface area contributed by atoms with Gasteiger partial charge in [0.15, 0.2) is 10.8 Å². The van der Waals surface area contributed by atoms with Gasteiger partial charge in [0.2, 0.25) is 5.91 Å². The fraction of sp³-hybridized carbons (Fsp3) is 0.421. The number of nitriles is 3. The molecule has 0 saturated heterocycles. The molecule has 1 saturated carbocycles. The van der Waals surface area contributed by atoms with Crippen LogP contribution in [0.2, 0.25) is 0 Å². The zero-order chi connectivity index (χ0) is 18.7. The lowest BCUT2D eigenvalue weighted by molar-refractivity contribution is -0.142. The van der Waals surface area contributed by atoms with Crippen molar-refractivity contribution in [3.05, 3.63) is 35.9 Å². The molecule has 2 N–H and O–H groups in total. The SMILES string of the molecule is CCCC1C(=O)CC(C#N)(C(N)=O)C(C#N)(C#N)C1c1ccccc1. The molecule has 126 valence electrons. The Morgan fingerprint density at radius 2 is 1.80 bits per heavy atom. The van der Waals surface area contributed by atoms with Crippen LogP contribution in [0.5, 0.6) is 0 Å². The molecule has 3 atom stereocenters. The lowest BCUT2D eigenvalue weighted by Gasteiger charge is -2.47. The number of benzene rings is 1. The molecule has 0 aromatic heterocycles. The zero-order valence-corrected chi connectivity index (χ0v) is 13.9. The van der Waals surface area contributed by atoms with Gasteiger partial charge in [0.25, 0.3) is 0 Å². The number of hydrogen-bond acceptors (Lipinski definition) is 5. The van der Waals surface area contributed by atoms with Crippen molar-refractivity contribution in [2.24, 2.45) is 22.5 Å². The molecular formula is C19H18N4O2. The molecule has 1 aliphatic carbocycles. The van der Waals surface area contributed by atoms with Gasteiger partial charge in [-0.25, -0.2) is 0 Å². The molecule has 1 fully saturated rings. The molecule has 25 heavy (non-hydrogen) atoms. The number of carbonyl (C=O) groups is 2. The van der Waals surface area contributed by atoms with Crippen LogP contribution >= 0.6 is 0 Å². The van der Waals surface area contributed by atoms with Gasteiger partial charge in [0.1, 0.15) is 5.78 Å². The third-order valence-electron chi connectivity index (χ3n) is 5.12. The van der Waals surface area contributed by atoms with E-state index in [0.29, 0.717) is 18.4 Å². The Labute approximate surface area is 146 Å². The minimum atomic E-state index is -2.17. The standard InChI is InChI=1S/C19H18N4O2/c1-2-6-14-15(24)9-18(10-20,17(23)25)19(11-21,12-22)16(14)13-7-4-3-5-8-13/h3-5,7-8,14,16H,2,6,9H2,1H3,(H2,23,25). The van der Waals surface area contributed by atoms with E-state index in [1.807, 2.05) is 19.1 Å². The molecule has 2 rings (SSSR count). The van der Waals surface area contributed by atoms with Crippen LogP contribution in [-0.4, -0.2) is 11.7 Å². The highest BCUT2D eigenvalue weighted by Gasteiger charge is 2.68.